The first kappa shape index (κ1) is 20.0. The van der Waals surface area contributed by atoms with Gasteiger partial charge in [-0.3, -0.25) is 4.99 Å². The van der Waals surface area contributed by atoms with Crippen LogP contribution in [0.15, 0.2) is 52.4 Å². The molecule has 6 heteroatoms. The maximum Gasteiger partial charge on any atom is 0.191 e. The first-order chi connectivity index (χ1) is 12.3. The molecule has 0 atom stereocenters. The van der Waals surface area contributed by atoms with Crippen molar-refractivity contribution in [3.8, 4) is 0 Å². The van der Waals surface area contributed by atoms with E-state index in [0.29, 0.717) is 23.9 Å². The number of nitrogens with zero attached hydrogens (tertiary/aromatic N) is 1. The largest absolute Gasteiger partial charge is 0.352 e. The number of hydrogen-bond acceptors (Lipinski definition) is 3. The topological polar surface area (TPSA) is 70.6 Å². The minimum atomic E-state index is -3.19. The summed E-state index contributed by atoms with van der Waals surface area (Å²) in [4.78, 5) is 4.63. The number of sulfone groups is 1. The quantitative estimate of drug-likeness (QED) is 0.603. The van der Waals surface area contributed by atoms with Crippen molar-refractivity contribution in [2.75, 3.05) is 13.3 Å². The lowest BCUT2D eigenvalue weighted by Gasteiger charge is -2.14. The first-order valence-electron chi connectivity index (χ1n) is 8.66. The average molecular weight is 374 g/mol. The van der Waals surface area contributed by atoms with Gasteiger partial charge in [0.1, 0.15) is 0 Å². The Labute approximate surface area is 156 Å². The van der Waals surface area contributed by atoms with Crippen LogP contribution in [0.25, 0.3) is 0 Å². The Morgan fingerprint density at radius 3 is 2.27 bits per heavy atom. The number of aryl methyl sites for hydroxylation is 2. The number of aliphatic imine (C=N–C) groups is 1. The maximum absolute atomic E-state index is 11.7. The molecule has 0 aromatic heterocycles. The Morgan fingerprint density at radius 1 is 1.04 bits per heavy atom. The first-order valence-corrected chi connectivity index (χ1v) is 10.5. The number of rotatable bonds is 6. The zero-order valence-electron chi connectivity index (χ0n) is 15.8. The second-order valence-electron chi connectivity index (χ2n) is 6.27. The lowest BCUT2D eigenvalue weighted by molar-refractivity contribution is 0.601. The lowest BCUT2D eigenvalue weighted by atomic mass is 10.1. The number of hydrogen-bond donors (Lipinski definition) is 2. The van der Waals surface area contributed by atoms with Crippen LogP contribution in [0.3, 0.4) is 0 Å². The SMILES string of the molecule is CCc1ccccc1CNC(=NC)NCc1ccc(S(C)(=O)=O)c(C)c1. The van der Waals surface area contributed by atoms with Gasteiger partial charge in [0.15, 0.2) is 15.8 Å². The molecule has 0 saturated carbocycles. The number of nitrogens with one attached hydrogen (secondary N) is 2. The smallest absolute Gasteiger partial charge is 0.191 e. The van der Waals surface area contributed by atoms with Gasteiger partial charge in [-0.1, -0.05) is 43.3 Å². The van der Waals surface area contributed by atoms with Crippen LogP contribution in [0.4, 0.5) is 0 Å². The van der Waals surface area contributed by atoms with Crippen molar-refractivity contribution in [1.29, 1.82) is 0 Å². The van der Waals surface area contributed by atoms with Crippen molar-refractivity contribution in [2.45, 2.75) is 38.3 Å². The fourth-order valence-corrected chi connectivity index (χ4v) is 3.86. The lowest BCUT2D eigenvalue weighted by Crippen LogP contribution is -2.36. The Balaban J connectivity index is 1.98. The molecule has 2 N–H and O–H groups in total. The molecular weight excluding hydrogens is 346 g/mol. The van der Waals surface area contributed by atoms with Gasteiger partial charge in [0, 0.05) is 26.4 Å². The molecule has 140 valence electrons. The zero-order chi connectivity index (χ0) is 19.2. The van der Waals surface area contributed by atoms with Gasteiger partial charge >= 0.3 is 0 Å². The number of benzene rings is 2. The van der Waals surface area contributed by atoms with Crippen LogP contribution in [0.1, 0.15) is 29.2 Å². The predicted octanol–water partition coefficient (Wildman–Crippen LogP) is 2.83. The van der Waals surface area contributed by atoms with Crippen LogP contribution >= 0.6 is 0 Å². The summed E-state index contributed by atoms with van der Waals surface area (Å²) in [7, 11) is -1.45. The van der Waals surface area contributed by atoms with Gasteiger partial charge in [-0.25, -0.2) is 8.42 Å². The fraction of sp³-hybridized carbons (Fsp3) is 0.350. The molecule has 26 heavy (non-hydrogen) atoms. The highest BCUT2D eigenvalue weighted by Crippen LogP contribution is 2.16. The van der Waals surface area contributed by atoms with Crippen molar-refractivity contribution in [2.24, 2.45) is 4.99 Å². The highest BCUT2D eigenvalue weighted by Gasteiger charge is 2.11. The van der Waals surface area contributed by atoms with E-state index in [9.17, 15) is 8.42 Å². The summed E-state index contributed by atoms with van der Waals surface area (Å²) in [5, 5.41) is 6.59. The fourth-order valence-electron chi connectivity index (χ4n) is 2.90. The maximum atomic E-state index is 11.7. The van der Waals surface area contributed by atoms with Gasteiger partial charge in [0.25, 0.3) is 0 Å². The molecule has 0 bridgehead atoms. The third-order valence-electron chi connectivity index (χ3n) is 4.27. The van der Waals surface area contributed by atoms with Crippen LogP contribution in [-0.2, 0) is 29.3 Å². The summed E-state index contributed by atoms with van der Waals surface area (Å²) in [6, 6.07) is 13.7. The molecule has 0 aliphatic heterocycles. The second kappa shape index (κ2) is 8.85. The van der Waals surface area contributed by atoms with E-state index in [1.54, 1.807) is 13.1 Å². The molecule has 0 amide bonds. The van der Waals surface area contributed by atoms with E-state index in [0.717, 1.165) is 17.5 Å². The Hall–Kier alpha value is -2.34. The summed E-state index contributed by atoms with van der Waals surface area (Å²) < 4.78 is 23.4. The third-order valence-corrected chi connectivity index (χ3v) is 5.52. The molecule has 0 aliphatic rings. The molecule has 2 aromatic carbocycles. The molecule has 0 radical (unpaired) electrons. The predicted molar refractivity (Wildman–Crippen MR) is 107 cm³/mol. The molecule has 2 rings (SSSR count). The molecular formula is C20H27N3O2S. The van der Waals surface area contributed by atoms with Crippen molar-refractivity contribution in [1.82, 2.24) is 10.6 Å². The second-order valence-corrected chi connectivity index (χ2v) is 8.26. The van der Waals surface area contributed by atoms with E-state index in [2.05, 4.69) is 40.7 Å². The van der Waals surface area contributed by atoms with Crippen LogP contribution in [-0.4, -0.2) is 27.7 Å². The normalized spacial score (nSPS) is 12.1. The van der Waals surface area contributed by atoms with Crippen molar-refractivity contribution in [3.63, 3.8) is 0 Å². The highest BCUT2D eigenvalue weighted by atomic mass is 32.2. The van der Waals surface area contributed by atoms with Gasteiger partial charge < -0.3 is 10.6 Å². The van der Waals surface area contributed by atoms with Crippen molar-refractivity contribution in [3.05, 3.63) is 64.7 Å². The van der Waals surface area contributed by atoms with E-state index >= 15 is 0 Å². The van der Waals surface area contributed by atoms with Gasteiger partial charge in [0.2, 0.25) is 0 Å². The monoisotopic (exact) mass is 373 g/mol. The zero-order valence-corrected chi connectivity index (χ0v) is 16.7. The van der Waals surface area contributed by atoms with E-state index in [4.69, 9.17) is 0 Å². The van der Waals surface area contributed by atoms with Gasteiger partial charge in [-0.2, -0.15) is 0 Å². The van der Waals surface area contributed by atoms with Crippen molar-refractivity contribution >= 4 is 15.8 Å². The van der Waals surface area contributed by atoms with Crippen LogP contribution in [0.5, 0.6) is 0 Å². The molecule has 0 fully saturated rings. The minimum Gasteiger partial charge on any atom is -0.352 e. The molecule has 2 aromatic rings. The minimum absolute atomic E-state index is 0.375. The molecule has 0 aliphatic carbocycles. The highest BCUT2D eigenvalue weighted by molar-refractivity contribution is 7.90. The molecule has 0 unspecified atom stereocenters. The van der Waals surface area contributed by atoms with E-state index in [1.807, 2.05) is 25.1 Å². The van der Waals surface area contributed by atoms with Crippen LogP contribution in [0, 0.1) is 6.92 Å². The summed E-state index contributed by atoms with van der Waals surface area (Å²) in [5.74, 6) is 0.709. The van der Waals surface area contributed by atoms with Crippen LogP contribution < -0.4 is 10.6 Å². The standard InChI is InChI=1S/C20H27N3O2S/c1-5-17-8-6-7-9-18(17)14-23-20(21-3)22-13-16-10-11-19(15(2)12-16)26(4,24)25/h6-12H,5,13-14H2,1-4H3,(H2,21,22,23). The van der Waals surface area contributed by atoms with E-state index in [1.165, 1.54) is 17.4 Å². The Kier molecular flexibility index (Phi) is 6.80. The van der Waals surface area contributed by atoms with E-state index < -0.39 is 9.84 Å². The summed E-state index contributed by atoms with van der Waals surface area (Å²) in [5.41, 5.74) is 4.34. The molecule has 5 nitrogen and oxygen atoms in total. The van der Waals surface area contributed by atoms with Crippen molar-refractivity contribution < 1.29 is 8.42 Å². The van der Waals surface area contributed by atoms with Gasteiger partial charge in [0.05, 0.1) is 4.90 Å². The van der Waals surface area contributed by atoms with E-state index in [-0.39, 0.29) is 0 Å². The third kappa shape index (κ3) is 5.33. The summed E-state index contributed by atoms with van der Waals surface area (Å²) in [6.07, 6.45) is 2.23. The number of guanidine groups is 1. The summed E-state index contributed by atoms with van der Waals surface area (Å²) in [6.45, 7) is 5.23. The molecule has 0 heterocycles. The van der Waals surface area contributed by atoms with Gasteiger partial charge in [-0.05, 0) is 41.7 Å². The summed E-state index contributed by atoms with van der Waals surface area (Å²) >= 11 is 0. The molecule has 0 saturated heterocycles. The van der Waals surface area contributed by atoms with Crippen LogP contribution in [0.2, 0.25) is 0 Å². The Morgan fingerprint density at radius 2 is 1.69 bits per heavy atom. The van der Waals surface area contributed by atoms with Gasteiger partial charge in [-0.15, -0.1) is 0 Å². The average Bonchev–Trinajstić information content (AvgIpc) is 2.61. The molecule has 0 spiro atoms. The Bertz CT molecular complexity index is 890.